The van der Waals surface area contributed by atoms with Gasteiger partial charge in [-0.1, -0.05) is 13.8 Å². The van der Waals surface area contributed by atoms with Gasteiger partial charge >= 0.3 is 5.97 Å². The van der Waals surface area contributed by atoms with Crippen LogP contribution in [0.5, 0.6) is 0 Å². The fourth-order valence-corrected chi connectivity index (χ4v) is 5.11. The fraction of sp³-hybridized carbons (Fsp3) is 0.409. The minimum atomic E-state index is -3.80. The third kappa shape index (κ3) is 5.60. The van der Waals surface area contributed by atoms with Crippen LogP contribution in [0, 0.1) is 0 Å². The lowest BCUT2D eigenvalue weighted by Crippen LogP contribution is -2.34. The number of hydrogen-bond acceptors (Lipinski definition) is 8. The number of sulfonamides is 1. The van der Waals surface area contributed by atoms with Crippen LogP contribution >= 0.6 is 0 Å². The first-order valence-electron chi connectivity index (χ1n) is 10.7. The number of anilines is 1. The Labute approximate surface area is 192 Å². The molecule has 0 spiro atoms. The summed E-state index contributed by atoms with van der Waals surface area (Å²) < 4.78 is 37.2. The number of amides is 2. The summed E-state index contributed by atoms with van der Waals surface area (Å²) in [4.78, 5) is 38.8. The second-order valence-electron chi connectivity index (χ2n) is 7.39. The summed E-state index contributed by atoms with van der Waals surface area (Å²) in [5.41, 5.74) is 0.596. The lowest BCUT2D eigenvalue weighted by molar-refractivity contribution is -0.123. The highest BCUT2D eigenvalue weighted by Crippen LogP contribution is 2.29. The molecule has 0 bridgehead atoms. The Kier molecular flexibility index (Phi) is 7.88. The van der Waals surface area contributed by atoms with Gasteiger partial charge in [0.15, 0.2) is 12.4 Å². The molecule has 1 aromatic heterocycles. The number of carbonyl (C=O) groups is 3. The molecule has 0 atom stereocenters. The van der Waals surface area contributed by atoms with Crippen LogP contribution in [0.1, 0.15) is 47.6 Å². The van der Waals surface area contributed by atoms with Crippen molar-refractivity contribution in [2.24, 2.45) is 0 Å². The Morgan fingerprint density at radius 3 is 2.42 bits per heavy atom. The van der Waals surface area contributed by atoms with Crippen molar-refractivity contribution in [3.05, 3.63) is 47.9 Å². The van der Waals surface area contributed by atoms with E-state index in [9.17, 15) is 22.8 Å². The van der Waals surface area contributed by atoms with Gasteiger partial charge in [-0.2, -0.15) is 4.31 Å². The molecule has 33 heavy (non-hydrogen) atoms. The van der Waals surface area contributed by atoms with E-state index in [1.807, 2.05) is 4.90 Å². The van der Waals surface area contributed by atoms with Crippen LogP contribution in [0.25, 0.3) is 0 Å². The molecule has 2 aromatic rings. The second kappa shape index (κ2) is 10.6. The number of nitrogens with zero attached hydrogens (tertiary/aromatic N) is 2. The number of rotatable bonds is 9. The smallest absolute Gasteiger partial charge is 0.340 e. The summed E-state index contributed by atoms with van der Waals surface area (Å²) in [5, 5.41) is 2.06. The summed E-state index contributed by atoms with van der Waals surface area (Å²) in [6, 6.07) is 7.25. The highest BCUT2D eigenvalue weighted by molar-refractivity contribution is 7.89. The molecule has 2 heterocycles. The van der Waals surface area contributed by atoms with Crippen molar-refractivity contribution in [1.82, 2.24) is 9.62 Å². The summed E-state index contributed by atoms with van der Waals surface area (Å²) in [7, 11) is -3.80. The lowest BCUT2D eigenvalue weighted by Gasteiger charge is -2.23. The van der Waals surface area contributed by atoms with Gasteiger partial charge in [0, 0.05) is 26.2 Å². The molecule has 0 unspecified atom stereocenters. The Hall–Kier alpha value is -3.18. The van der Waals surface area contributed by atoms with Gasteiger partial charge < -0.3 is 14.1 Å². The molecule has 3 rings (SSSR count). The van der Waals surface area contributed by atoms with E-state index in [1.165, 1.54) is 34.8 Å². The van der Waals surface area contributed by atoms with E-state index in [0.29, 0.717) is 5.69 Å². The molecule has 0 aliphatic carbocycles. The van der Waals surface area contributed by atoms with Crippen molar-refractivity contribution in [2.45, 2.75) is 31.6 Å². The first-order chi connectivity index (χ1) is 15.8. The zero-order valence-corrected chi connectivity index (χ0v) is 19.4. The minimum Gasteiger partial charge on any atom is -0.459 e. The number of hydrogen-bond donors (Lipinski definition) is 1. The topological polar surface area (TPSA) is 126 Å². The van der Waals surface area contributed by atoms with Gasteiger partial charge in [-0.15, -0.1) is 0 Å². The summed E-state index contributed by atoms with van der Waals surface area (Å²) in [6.07, 6.45) is 3.19. The van der Waals surface area contributed by atoms with Gasteiger partial charge in [-0.3, -0.25) is 14.9 Å². The molecule has 1 fully saturated rings. The van der Waals surface area contributed by atoms with Crippen molar-refractivity contribution in [3.8, 4) is 0 Å². The standard InChI is InChI=1S/C22H27N3O7S/c1-3-25(4-2)33(29,30)16-9-10-18(24-11-5-6-12-24)17(14-16)22(28)32-15-20(26)23-21(27)19-8-7-13-31-19/h7-10,13-14H,3-6,11-12,15H2,1-2H3,(H,23,26,27). The van der Waals surface area contributed by atoms with Crippen LogP contribution in [0.4, 0.5) is 5.69 Å². The highest BCUT2D eigenvalue weighted by atomic mass is 32.2. The number of imide groups is 1. The van der Waals surface area contributed by atoms with Crippen LogP contribution < -0.4 is 10.2 Å². The van der Waals surface area contributed by atoms with E-state index in [4.69, 9.17) is 9.15 Å². The molecule has 1 aliphatic heterocycles. The number of benzene rings is 1. The van der Waals surface area contributed by atoms with E-state index in [2.05, 4.69) is 5.32 Å². The minimum absolute atomic E-state index is 0.0291. The number of ether oxygens (including phenoxy) is 1. The van der Waals surface area contributed by atoms with Gasteiger partial charge in [-0.05, 0) is 43.2 Å². The largest absolute Gasteiger partial charge is 0.459 e. The maximum absolute atomic E-state index is 13.0. The second-order valence-corrected chi connectivity index (χ2v) is 9.33. The maximum Gasteiger partial charge on any atom is 0.340 e. The Morgan fingerprint density at radius 2 is 1.82 bits per heavy atom. The lowest BCUT2D eigenvalue weighted by atomic mass is 10.1. The van der Waals surface area contributed by atoms with Gasteiger partial charge in [0.1, 0.15) is 0 Å². The van der Waals surface area contributed by atoms with Crippen LogP contribution in [0.15, 0.2) is 45.9 Å². The predicted octanol–water partition coefficient (Wildman–Crippen LogP) is 2.02. The SMILES string of the molecule is CCN(CC)S(=O)(=O)c1ccc(N2CCCC2)c(C(=O)OCC(=O)NC(=O)c2ccco2)c1. The van der Waals surface area contributed by atoms with Crippen LogP contribution in [-0.4, -0.2) is 63.3 Å². The molecule has 1 N–H and O–H groups in total. The molecule has 10 nitrogen and oxygen atoms in total. The molecule has 2 amide bonds. The van der Waals surface area contributed by atoms with Gasteiger partial charge in [0.05, 0.1) is 22.4 Å². The molecule has 0 radical (unpaired) electrons. The number of nitrogens with one attached hydrogen (secondary N) is 1. The number of esters is 1. The molecule has 1 saturated heterocycles. The van der Waals surface area contributed by atoms with Crippen molar-refractivity contribution in [1.29, 1.82) is 0 Å². The first kappa shape index (κ1) is 24.5. The monoisotopic (exact) mass is 477 g/mol. The quantitative estimate of drug-likeness (QED) is 0.544. The Balaban J connectivity index is 1.80. The van der Waals surface area contributed by atoms with Crippen molar-refractivity contribution in [3.63, 3.8) is 0 Å². The molecule has 0 saturated carbocycles. The van der Waals surface area contributed by atoms with E-state index >= 15 is 0 Å². The predicted molar refractivity (Wildman–Crippen MR) is 119 cm³/mol. The van der Waals surface area contributed by atoms with E-state index in [1.54, 1.807) is 19.9 Å². The average molecular weight is 478 g/mol. The van der Waals surface area contributed by atoms with E-state index in [0.717, 1.165) is 25.9 Å². The van der Waals surface area contributed by atoms with Gasteiger partial charge in [0.25, 0.3) is 11.8 Å². The Morgan fingerprint density at radius 1 is 1.12 bits per heavy atom. The number of carbonyl (C=O) groups excluding carboxylic acids is 3. The van der Waals surface area contributed by atoms with Gasteiger partial charge in [-0.25, -0.2) is 13.2 Å². The van der Waals surface area contributed by atoms with Crippen molar-refractivity contribution in [2.75, 3.05) is 37.7 Å². The van der Waals surface area contributed by atoms with Crippen molar-refractivity contribution >= 4 is 33.5 Å². The number of furan rings is 1. The third-order valence-electron chi connectivity index (χ3n) is 5.31. The molecule has 1 aliphatic rings. The molecule has 11 heteroatoms. The molecule has 178 valence electrons. The van der Waals surface area contributed by atoms with Crippen LogP contribution in [-0.2, 0) is 19.6 Å². The average Bonchev–Trinajstić information content (AvgIpc) is 3.52. The zero-order valence-electron chi connectivity index (χ0n) is 18.6. The van der Waals surface area contributed by atoms with Crippen LogP contribution in [0.3, 0.4) is 0 Å². The summed E-state index contributed by atoms with van der Waals surface area (Å²) in [5.74, 6) is -2.50. The maximum atomic E-state index is 13.0. The fourth-order valence-electron chi connectivity index (χ4n) is 3.63. The molecular formula is C22H27N3O7S. The normalized spacial score (nSPS) is 13.8. The Bertz CT molecular complexity index is 1100. The summed E-state index contributed by atoms with van der Waals surface area (Å²) in [6.45, 7) is 4.78. The first-order valence-corrected chi connectivity index (χ1v) is 12.2. The third-order valence-corrected chi connectivity index (χ3v) is 7.36. The summed E-state index contributed by atoms with van der Waals surface area (Å²) >= 11 is 0. The van der Waals surface area contributed by atoms with Gasteiger partial charge in [0.2, 0.25) is 10.0 Å². The molecule has 1 aromatic carbocycles. The molecular weight excluding hydrogens is 450 g/mol. The van der Waals surface area contributed by atoms with E-state index < -0.39 is 34.4 Å². The zero-order chi connectivity index (χ0) is 24.0. The van der Waals surface area contributed by atoms with Crippen LogP contribution in [0.2, 0.25) is 0 Å². The van der Waals surface area contributed by atoms with Crippen molar-refractivity contribution < 1.29 is 32.0 Å². The highest BCUT2D eigenvalue weighted by Gasteiger charge is 2.27. The van der Waals surface area contributed by atoms with E-state index in [-0.39, 0.29) is 29.3 Å².